The average Bonchev–Trinajstić information content (AvgIpc) is 2.17. The summed E-state index contributed by atoms with van der Waals surface area (Å²) in [6, 6.07) is 0. The van der Waals surface area contributed by atoms with Crippen LogP contribution in [0.2, 0.25) is 0 Å². The highest BCUT2D eigenvalue weighted by molar-refractivity contribution is 5.92. The Hall–Kier alpha value is -1.58. The van der Waals surface area contributed by atoms with Gasteiger partial charge in [0.1, 0.15) is 12.3 Å². The predicted octanol–water partition coefficient (Wildman–Crippen LogP) is 0.721. The number of carbonyl (C=O) groups excluding carboxylic acids is 2. The number of amides is 2. The Bertz CT molecular complexity index is 260. The molecule has 14 heavy (non-hydrogen) atoms. The van der Waals surface area contributed by atoms with E-state index in [1.165, 1.54) is 12.2 Å². The van der Waals surface area contributed by atoms with Crippen molar-refractivity contribution >= 4 is 11.8 Å². The van der Waals surface area contributed by atoms with Crippen LogP contribution < -0.4 is 0 Å². The first-order chi connectivity index (χ1) is 6.54. The van der Waals surface area contributed by atoms with Crippen LogP contribution in [0.1, 0.15) is 13.8 Å². The van der Waals surface area contributed by atoms with Crippen LogP contribution in [-0.4, -0.2) is 33.9 Å². The van der Waals surface area contributed by atoms with Crippen molar-refractivity contribution in [2.45, 2.75) is 26.2 Å². The molecule has 0 N–H and O–H groups in total. The van der Waals surface area contributed by atoms with Gasteiger partial charge >= 0.3 is 0 Å². The van der Waals surface area contributed by atoms with Gasteiger partial charge in [-0.1, -0.05) is 13.2 Å². The Morgan fingerprint density at radius 2 is 1.29 bits per heavy atom. The molecule has 76 valence electrons. The summed E-state index contributed by atoms with van der Waals surface area (Å²) in [5, 5.41) is 0. The Morgan fingerprint density at radius 3 is 1.50 bits per heavy atom. The molecule has 0 radical (unpaired) electrons. The molecule has 0 aliphatic carbocycles. The maximum Gasteiger partial charge on any atom is 0.249 e. The highest BCUT2D eigenvalue weighted by atomic mass is 16.2. The van der Waals surface area contributed by atoms with Gasteiger partial charge in [-0.25, -0.2) is 0 Å². The van der Waals surface area contributed by atoms with E-state index in [2.05, 4.69) is 13.2 Å². The highest BCUT2D eigenvalue weighted by Gasteiger charge is 2.44. The number of nitrogens with zero attached hydrogens (tertiary/aromatic N) is 2. The minimum Gasteiger partial charge on any atom is -0.298 e. The molecule has 0 spiro atoms. The lowest BCUT2D eigenvalue weighted by atomic mass is 10.1. The molecule has 0 unspecified atom stereocenters. The van der Waals surface area contributed by atoms with Crippen molar-refractivity contribution in [3.05, 3.63) is 25.3 Å². The maximum atomic E-state index is 11.3. The van der Waals surface area contributed by atoms with Crippen molar-refractivity contribution in [3.63, 3.8) is 0 Å². The smallest absolute Gasteiger partial charge is 0.249 e. The molecule has 1 rings (SSSR count). The molecule has 1 aliphatic rings. The molecule has 0 saturated carbocycles. The molecule has 2 amide bonds. The summed E-state index contributed by atoms with van der Waals surface area (Å²) in [4.78, 5) is 25.8. The molecule has 0 atom stereocenters. The van der Waals surface area contributed by atoms with Crippen LogP contribution >= 0.6 is 0 Å². The zero-order valence-electron chi connectivity index (χ0n) is 8.43. The molecule has 1 aliphatic heterocycles. The molecule has 1 saturated heterocycles. The summed E-state index contributed by atoms with van der Waals surface area (Å²) in [6.45, 7) is 10.4. The van der Waals surface area contributed by atoms with Crippen LogP contribution in [0.25, 0.3) is 0 Å². The van der Waals surface area contributed by atoms with Gasteiger partial charge in [0.2, 0.25) is 11.8 Å². The Morgan fingerprint density at radius 1 is 1.00 bits per heavy atom. The monoisotopic (exact) mass is 194 g/mol. The summed E-state index contributed by atoms with van der Waals surface area (Å²) in [5.74, 6) is -0.309. The topological polar surface area (TPSA) is 40.6 Å². The van der Waals surface area contributed by atoms with E-state index in [-0.39, 0.29) is 24.1 Å². The normalized spacial score (nSPS) is 25.3. The third kappa shape index (κ3) is 1.32. The first-order valence-electron chi connectivity index (χ1n) is 4.44. The van der Waals surface area contributed by atoms with Crippen molar-refractivity contribution < 1.29 is 9.59 Å². The fourth-order valence-corrected chi connectivity index (χ4v) is 1.77. The van der Waals surface area contributed by atoms with Crippen molar-refractivity contribution in [2.75, 3.05) is 0 Å². The largest absolute Gasteiger partial charge is 0.298 e. The second-order valence-electron chi connectivity index (χ2n) is 3.16. The van der Waals surface area contributed by atoms with Crippen molar-refractivity contribution in [3.8, 4) is 0 Å². The lowest BCUT2D eigenvalue weighted by Gasteiger charge is -2.54. The first kappa shape index (κ1) is 10.5. The van der Waals surface area contributed by atoms with Crippen molar-refractivity contribution in [1.29, 1.82) is 0 Å². The van der Waals surface area contributed by atoms with Crippen LogP contribution in [0.3, 0.4) is 0 Å². The molecule has 0 aromatic carbocycles. The van der Waals surface area contributed by atoms with E-state index in [0.29, 0.717) is 0 Å². The Balaban J connectivity index is 2.74. The van der Waals surface area contributed by atoms with Crippen LogP contribution in [-0.2, 0) is 9.59 Å². The molecule has 1 fully saturated rings. The summed E-state index contributed by atoms with van der Waals surface area (Å²) < 4.78 is 0. The summed E-state index contributed by atoms with van der Waals surface area (Å²) >= 11 is 0. The van der Waals surface area contributed by atoms with E-state index in [9.17, 15) is 9.59 Å². The lowest BCUT2D eigenvalue weighted by molar-refractivity contribution is -0.184. The standard InChI is InChI=1S/C10H14N2O2/c1-5-9(13)11-7(3)12(8(11)4)10(14)6-2/h5-8H,1-2H2,3-4H3. The van der Waals surface area contributed by atoms with Crippen LogP contribution in [0.4, 0.5) is 0 Å². The molecule has 4 heteroatoms. The van der Waals surface area contributed by atoms with E-state index in [1.807, 2.05) is 0 Å². The predicted molar refractivity (Wildman–Crippen MR) is 53.0 cm³/mol. The van der Waals surface area contributed by atoms with Gasteiger partial charge in [0.15, 0.2) is 0 Å². The summed E-state index contributed by atoms with van der Waals surface area (Å²) in [7, 11) is 0. The number of rotatable bonds is 2. The number of hydrogen-bond donors (Lipinski definition) is 0. The van der Waals surface area contributed by atoms with Gasteiger partial charge in [-0.05, 0) is 26.0 Å². The molecule has 1 heterocycles. The average molecular weight is 194 g/mol. The highest BCUT2D eigenvalue weighted by Crippen LogP contribution is 2.26. The van der Waals surface area contributed by atoms with Crippen molar-refractivity contribution in [2.24, 2.45) is 0 Å². The van der Waals surface area contributed by atoms with E-state index in [0.717, 1.165) is 0 Å². The molecule has 0 aromatic heterocycles. The Labute approximate surface area is 83.5 Å². The van der Waals surface area contributed by atoms with E-state index in [1.54, 1.807) is 23.6 Å². The number of hydrogen-bond acceptors (Lipinski definition) is 2. The quantitative estimate of drug-likeness (QED) is 0.608. The molecule has 0 bridgehead atoms. The molecular weight excluding hydrogens is 180 g/mol. The fourth-order valence-electron chi connectivity index (χ4n) is 1.77. The van der Waals surface area contributed by atoms with Gasteiger partial charge < -0.3 is 0 Å². The fraction of sp³-hybridized carbons (Fsp3) is 0.400. The molecule has 4 nitrogen and oxygen atoms in total. The SMILES string of the molecule is C=CC(=O)N1C(C)N(C(=O)C=C)C1C. The van der Waals surface area contributed by atoms with Gasteiger partial charge in [-0.2, -0.15) is 0 Å². The first-order valence-corrected chi connectivity index (χ1v) is 4.44. The minimum atomic E-state index is -0.207. The van der Waals surface area contributed by atoms with Gasteiger partial charge in [0, 0.05) is 0 Å². The van der Waals surface area contributed by atoms with E-state index >= 15 is 0 Å². The zero-order valence-corrected chi connectivity index (χ0v) is 8.43. The van der Waals surface area contributed by atoms with E-state index in [4.69, 9.17) is 0 Å². The maximum absolute atomic E-state index is 11.3. The van der Waals surface area contributed by atoms with Gasteiger partial charge in [-0.15, -0.1) is 0 Å². The van der Waals surface area contributed by atoms with Gasteiger partial charge in [0.25, 0.3) is 0 Å². The van der Waals surface area contributed by atoms with Crippen LogP contribution in [0.5, 0.6) is 0 Å². The van der Waals surface area contributed by atoms with Crippen LogP contribution in [0, 0.1) is 0 Å². The zero-order chi connectivity index (χ0) is 10.9. The van der Waals surface area contributed by atoms with Gasteiger partial charge in [0.05, 0.1) is 0 Å². The van der Waals surface area contributed by atoms with E-state index < -0.39 is 0 Å². The minimum absolute atomic E-state index is 0.155. The molecular formula is C10H14N2O2. The summed E-state index contributed by atoms with van der Waals surface area (Å²) in [6.07, 6.45) is 2.09. The molecule has 0 aromatic rings. The van der Waals surface area contributed by atoms with Crippen LogP contribution in [0.15, 0.2) is 25.3 Å². The second kappa shape index (κ2) is 3.65. The lowest BCUT2D eigenvalue weighted by Crippen LogP contribution is -2.71. The van der Waals surface area contributed by atoms with Gasteiger partial charge in [-0.3, -0.25) is 19.4 Å². The third-order valence-corrected chi connectivity index (χ3v) is 2.47. The third-order valence-electron chi connectivity index (χ3n) is 2.47. The Kier molecular flexibility index (Phi) is 2.74. The number of carbonyl (C=O) groups is 2. The second-order valence-corrected chi connectivity index (χ2v) is 3.16. The van der Waals surface area contributed by atoms with Crippen molar-refractivity contribution in [1.82, 2.24) is 9.80 Å². The summed E-state index contributed by atoms with van der Waals surface area (Å²) in [5.41, 5.74) is 0.